The van der Waals surface area contributed by atoms with Crippen molar-refractivity contribution in [2.45, 2.75) is 237 Å². The topological polar surface area (TPSA) is 214 Å². The van der Waals surface area contributed by atoms with Crippen LogP contribution < -0.4 is 4.74 Å². The summed E-state index contributed by atoms with van der Waals surface area (Å²) < 4.78 is 50.9. The predicted octanol–water partition coefficient (Wildman–Crippen LogP) is 7.36. The van der Waals surface area contributed by atoms with Gasteiger partial charge >= 0.3 is 11.9 Å². The van der Waals surface area contributed by atoms with E-state index in [0.717, 1.165) is 37.9 Å². The van der Waals surface area contributed by atoms with Gasteiger partial charge in [0.2, 0.25) is 0 Å². The van der Waals surface area contributed by atoms with Gasteiger partial charge in [0.15, 0.2) is 18.7 Å². The number of carbonyl (C=O) groups is 2. The normalized spacial score (nSPS) is 39.0. The number of nitrogens with zero attached hydrogens (tertiary/aromatic N) is 2. The minimum Gasteiger partial charge on any atom is -0.493 e. The van der Waals surface area contributed by atoms with Gasteiger partial charge in [-0.05, 0) is 93.5 Å². The van der Waals surface area contributed by atoms with Crippen LogP contribution >= 0.6 is 0 Å². The Morgan fingerprint density at radius 2 is 1.51 bits per heavy atom. The maximum Gasteiger partial charge on any atom is 0.311 e. The first-order valence-corrected chi connectivity index (χ1v) is 26.8. The number of hydrogen-bond acceptors (Lipinski definition) is 17. The molecule has 0 saturated carbocycles. The van der Waals surface area contributed by atoms with Crippen LogP contribution in [-0.4, -0.2) is 162 Å². The summed E-state index contributed by atoms with van der Waals surface area (Å²) >= 11 is 0. The molecule has 2 unspecified atom stereocenters. The van der Waals surface area contributed by atoms with Gasteiger partial charge in [0.1, 0.15) is 35.8 Å². The number of methoxy groups -OCH3 is 1. The van der Waals surface area contributed by atoms with Gasteiger partial charge < -0.3 is 68.1 Å². The fraction of sp³-hybridized carbons (Fsp3) is 0.836. The summed E-state index contributed by atoms with van der Waals surface area (Å²) in [6.07, 6.45) is -2.54. The average Bonchev–Trinajstić information content (AvgIpc) is 3.33. The Morgan fingerprint density at radius 3 is 2.15 bits per heavy atom. The van der Waals surface area contributed by atoms with E-state index in [4.69, 9.17) is 42.7 Å². The number of unbranched alkanes of at least 4 members (excludes halogenated alkanes) is 5. The Balaban J connectivity index is 1.75. The maximum atomic E-state index is 14.7. The smallest absolute Gasteiger partial charge is 0.311 e. The Hall–Kier alpha value is -2.97. The van der Waals surface area contributed by atoms with E-state index in [9.17, 15) is 30.0 Å². The molecule has 1 aromatic rings. The number of hydrogen-bond donors (Lipinski definition) is 4. The molecular formula is C55H94N2O15. The quantitative estimate of drug-likeness (QED) is 0.0538. The number of benzene rings is 1. The summed E-state index contributed by atoms with van der Waals surface area (Å²) in [6, 6.07) is 9.07. The highest BCUT2D eigenvalue weighted by Gasteiger charge is 2.54. The molecule has 0 bridgehead atoms. The third-order valence-electron chi connectivity index (χ3n) is 15.4. The van der Waals surface area contributed by atoms with E-state index in [1.54, 1.807) is 48.7 Å². The molecule has 4 rings (SSSR count). The van der Waals surface area contributed by atoms with Gasteiger partial charge in [-0.1, -0.05) is 90.1 Å². The number of likely N-dealkylation sites (N-methyl/N-ethyl adjacent to an activating group) is 1. The third-order valence-corrected chi connectivity index (χ3v) is 15.4. The molecule has 18 atom stereocenters. The fourth-order valence-electron chi connectivity index (χ4n) is 11.0. The molecule has 3 saturated heterocycles. The number of cyclic esters (lactones) is 1. The highest BCUT2D eigenvalue weighted by atomic mass is 16.7. The molecule has 0 aliphatic carbocycles. The van der Waals surface area contributed by atoms with Gasteiger partial charge in [-0.3, -0.25) is 9.59 Å². The molecule has 4 N–H and O–H groups in total. The van der Waals surface area contributed by atoms with Crippen LogP contribution in [0, 0.1) is 23.7 Å². The van der Waals surface area contributed by atoms with Crippen molar-refractivity contribution in [3.63, 3.8) is 0 Å². The van der Waals surface area contributed by atoms with E-state index < -0.39 is 102 Å². The van der Waals surface area contributed by atoms with E-state index >= 15 is 0 Å². The lowest BCUT2D eigenvalue weighted by Crippen LogP contribution is -2.61. The number of para-hydroxylation sites is 1. The summed E-state index contributed by atoms with van der Waals surface area (Å²) in [4.78, 5) is 35.7. The highest BCUT2D eigenvalue weighted by molar-refractivity contribution is 5.88. The van der Waals surface area contributed by atoms with Crippen LogP contribution in [0.15, 0.2) is 35.5 Å². The number of esters is 2. The van der Waals surface area contributed by atoms with Gasteiger partial charge in [-0.2, -0.15) is 0 Å². The first-order valence-electron chi connectivity index (χ1n) is 26.8. The van der Waals surface area contributed by atoms with E-state index in [1.807, 2.05) is 70.1 Å². The van der Waals surface area contributed by atoms with Gasteiger partial charge in [-0.15, -0.1) is 0 Å². The van der Waals surface area contributed by atoms with Crippen molar-refractivity contribution in [1.82, 2.24) is 4.90 Å². The molecule has 3 aliphatic rings. The van der Waals surface area contributed by atoms with Gasteiger partial charge in [0.25, 0.3) is 0 Å². The summed E-state index contributed by atoms with van der Waals surface area (Å²) in [7, 11) is 5.29. The number of aliphatic hydroxyl groups excluding tert-OH is 2. The lowest BCUT2D eigenvalue weighted by Gasteiger charge is -2.49. The summed E-state index contributed by atoms with van der Waals surface area (Å²) in [5, 5.41) is 53.8. The minimum absolute atomic E-state index is 0.0246. The SMILES string of the molecule is CCCCCCCCC(=O)O[C@H]1[C@H](C)OC(O[C@H]2[C@H](C)[C@@H](O[C@@H]3O[C@H](C)C[C@H](N(C)C)[C@H]3O)C(C)(O)C[C@@H](C)/C(=N\OCCCOc3ccccc3)[C@H](C)[C@@H](O)[C@](C)(O)[C@@H](CC)OC(=O)[C@@H]2C)C[C@@]1(C)OC. The Labute approximate surface area is 430 Å². The highest BCUT2D eigenvalue weighted by Crippen LogP contribution is 2.42. The molecule has 3 heterocycles. The number of ether oxygens (including phenoxy) is 8. The number of rotatable bonds is 21. The summed E-state index contributed by atoms with van der Waals surface area (Å²) in [5.74, 6) is -3.80. The van der Waals surface area contributed by atoms with Crippen LogP contribution in [0.1, 0.15) is 153 Å². The van der Waals surface area contributed by atoms with Crippen molar-refractivity contribution in [2.75, 3.05) is 34.4 Å². The van der Waals surface area contributed by atoms with Crippen LogP contribution in [0.4, 0.5) is 0 Å². The number of oxime groups is 1. The predicted molar refractivity (Wildman–Crippen MR) is 273 cm³/mol. The molecule has 0 aromatic heterocycles. The molecule has 17 nitrogen and oxygen atoms in total. The molecule has 3 fully saturated rings. The van der Waals surface area contributed by atoms with E-state index in [-0.39, 0.29) is 50.4 Å². The van der Waals surface area contributed by atoms with Crippen molar-refractivity contribution in [2.24, 2.45) is 28.8 Å². The largest absolute Gasteiger partial charge is 0.493 e. The standard InChI is InChI=1S/C55H94N2O15/c1-15-17-18-19-20-24-28-43(58)70-50-39(8)68-44(33-54(50,10)64-14)71-47-37(6)49(72-52-46(59)41(57(12)13)31-35(4)67-52)53(9,62)32-34(3)45(56-66-30-25-29-65-40-26-22-21-23-27-40)36(5)48(60)55(11,63)42(16-2)69-51(61)38(47)7/h21-23,26-27,34-39,41-42,44,46-50,52,59-60,62-63H,15-20,24-25,28-33H2,1-14H3/b56-45+/t34-,35-,36+,37+,38-,39+,41+,42-,44?,46-,47+,48-,49-,50+,52+,53?,54-,55-/m1/s1. The lowest BCUT2D eigenvalue weighted by molar-refractivity contribution is -0.318. The Kier molecular flexibility index (Phi) is 24.2. The van der Waals surface area contributed by atoms with Crippen LogP contribution in [-0.2, 0) is 47.6 Å². The van der Waals surface area contributed by atoms with Crippen molar-refractivity contribution in [3.05, 3.63) is 30.3 Å². The van der Waals surface area contributed by atoms with Gasteiger partial charge in [-0.25, -0.2) is 0 Å². The molecule has 0 amide bonds. The minimum atomic E-state index is -1.98. The fourth-order valence-corrected chi connectivity index (χ4v) is 11.0. The summed E-state index contributed by atoms with van der Waals surface area (Å²) in [5.41, 5.74) is -4.50. The molecule has 72 heavy (non-hydrogen) atoms. The Bertz CT molecular complexity index is 1800. The lowest BCUT2D eigenvalue weighted by atomic mass is 9.73. The Morgan fingerprint density at radius 1 is 0.847 bits per heavy atom. The van der Waals surface area contributed by atoms with E-state index in [1.165, 1.54) is 13.3 Å². The average molecular weight is 1020 g/mol. The molecule has 1 aromatic carbocycles. The van der Waals surface area contributed by atoms with E-state index in [2.05, 4.69) is 12.1 Å². The second-order valence-electron chi connectivity index (χ2n) is 21.9. The second-order valence-corrected chi connectivity index (χ2v) is 21.9. The molecule has 3 aliphatic heterocycles. The van der Waals surface area contributed by atoms with Crippen molar-refractivity contribution in [1.29, 1.82) is 0 Å². The molecule has 0 radical (unpaired) electrons. The van der Waals surface area contributed by atoms with Crippen LogP contribution in [0.3, 0.4) is 0 Å². The van der Waals surface area contributed by atoms with Gasteiger partial charge in [0.05, 0.1) is 54.4 Å². The van der Waals surface area contributed by atoms with E-state index in [0.29, 0.717) is 25.2 Å². The third kappa shape index (κ3) is 16.5. The maximum absolute atomic E-state index is 14.7. The van der Waals surface area contributed by atoms with Crippen LogP contribution in [0.5, 0.6) is 5.75 Å². The number of carbonyl (C=O) groups excluding carboxylic acids is 2. The first-order chi connectivity index (χ1) is 33.9. The molecule has 17 heteroatoms. The monoisotopic (exact) mass is 1020 g/mol. The van der Waals surface area contributed by atoms with Crippen LogP contribution in [0.2, 0.25) is 0 Å². The summed E-state index contributed by atoms with van der Waals surface area (Å²) in [6.45, 7) is 20.0. The van der Waals surface area contributed by atoms with Crippen molar-refractivity contribution < 1.29 is 72.7 Å². The zero-order chi connectivity index (χ0) is 53.6. The zero-order valence-corrected chi connectivity index (χ0v) is 46.1. The van der Waals surface area contributed by atoms with Crippen molar-refractivity contribution in [3.8, 4) is 5.75 Å². The number of aliphatic hydroxyl groups is 4. The molecule has 414 valence electrons. The van der Waals surface area contributed by atoms with Gasteiger partial charge in [0, 0.05) is 50.2 Å². The first kappa shape index (κ1) is 61.6. The molecular weight excluding hydrogens is 929 g/mol. The van der Waals surface area contributed by atoms with Crippen molar-refractivity contribution >= 4 is 17.7 Å². The van der Waals surface area contributed by atoms with Crippen LogP contribution in [0.25, 0.3) is 0 Å². The molecule has 0 spiro atoms. The second kappa shape index (κ2) is 28.2. The zero-order valence-electron chi connectivity index (χ0n) is 46.1.